The number of aromatic nitrogens is 2. The summed E-state index contributed by atoms with van der Waals surface area (Å²) >= 11 is 5.09. The fourth-order valence-corrected chi connectivity index (χ4v) is 2.44. The Morgan fingerprint density at radius 1 is 1.46 bits per heavy atom. The first-order valence-corrected chi connectivity index (χ1v) is 7.69. The minimum Gasteiger partial charge on any atom is -0.545 e. The van der Waals surface area contributed by atoms with Crippen LogP contribution >= 0.6 is 12.2 Å². The fourth-order valence-electron chi connectivity index (χ4n) is 2.08. The molecular formula is C16H16N3O4S-. The number of hydrogen-bond acceptors (Lipinski definition) is 6. The molecule has 0 saturated carbocycles. The van der Waals surface area contributed by atoms with Gasteiger partial charge in [-0.1, -0.05) is 19.1 Å². The van der Waals surface area contributed by atoms with E-state index in [0.717, 1.165) is 6.42 Å². The lowest BCUT2D eigenvalue weighted by molar-refractivity contribution is -0.255. The Morgan fingerprint density at radius 3 is 2.62 bits per heavy atom. The summed E-state index contributed by atoms with van der Waals surface area (Å²) in [6.45, 7) is 3.80. The molecule has 1 heterocycles. The molecule has 0 radical (unpaired) electrons. The molecule has 0 aliphatic carbocycles. The topological polar surface area (TPSA) is 111 Å². The highest BCUT2D eigenvalue weighted by molar-refractivity contribution is 7.71. The summed E-state index contributed by atoms with van der Waals surface area (Å²) in [5.74, 6) is -1.54. The fraction of sp³-hybridized carbons (Fsp3) is 0.250. The van der Waals surface area contributed by atoms with Gasteiger partial charge in [-0.15, -0.1) is 0 Å². The molecule has 2 N–H and O–H groups in total. The molecule has 0 saturated heterocycles. The lowest BCUT2D eigenvalue weighted by atomic mass is 10.2. The minimum absolute atomic E-state index is 0.0205. The number of carbonyl (C=O) groups is 1. The number of benzene rings is 1. The van der Waals surface area contributed by atoms with E-state index in [2.05, 4.69) is 9.98 Å². The van der Waals surface area contributed by atoms with Crippen molar-refractivity contribution in [1.82, 2.24) is 9.55 Å². The Bertz CT molecular complexity index is 897. The van der Waals surface area contributed by atoms with E-state index in [1.54, 1.807) is 0 Å². The van der Waals surface area contributed by atoms with Crippen LogP contribution in [0, 0.1) is 4.77 Å². The van der Waals surface area contributed by atoms with Gasteiger partial charge in [-0.3, -0.25) is 19.3 Å². The van der Waals surface area contributed by atoms with Gasteiger partial charge in [0.05, 0.1) is 11.7 Å². The molecule has 1 atom stereocenters. The number of carboxylic acids is 1. The van der Waals surface area contributed by atoms with Crippen LogP contribution in [-0.4, -0.2) is 26.8 Å². The molecule has 0 fully saturated rings. The number of aromatic carboxylic acids is 1. The third-order valence-corrected chi connectivity index (χ3v) is 3.93. The highest BCUT2D eigenvalue weighted by Gasteiger charge is 2.14. The van der Waals surface area contributed by atoms with E-state index < -0.39 is 11.5 Å². The van der Waals surface area contributed by atoms with Crippen LogP contribution in [-0.2, 0) is 0 Å². The van der Waals surface area contributed by atoms with Crippen molar-refractivity contribution in [2.75, 3.05) is 0 Å². The van der Waals surface area contributed by atoms with Gasteiger partial charge < -0.3 is 15.0 Å². The van der Waals surface area contributed by atoms with E-state index in [9.17, 15) is 19.8 Å². The average molecular weight is 346 g/mol. The van der Waals surface area contributed by atoms with Gasteiger partial charge in [0, 0.05) is 12.3 Å². The van der Waals surface area contributed by atoms with Crippen LogP contribution in [0.2, 0.25) is 0 Å². The highest BCUT2D eigenvalue weighted by Crippen LogP contribution is 2.21. The first-order chi connectivity index (χ1) is 11.3. The molecule has 2 aromatic rings. The maximum absolute atomic E-state index is 12.0. The number of rotatable bonds is 5. The number of H-pyrrole nitrogens is 1. The van der Waals surface area contributed by atoms with Gasteiger partial charge in [0.1, 0.15) is 5.56 Å². The zero-order valence-electron chi connectivity index (χ0n) is 13.1. The second kappa shape index (κ2) is 7.22. The van der Waals surface area contributed by atoms with Crippen LogP contribution in [0.4, 0.5) is 5.69 Å². The predicted octanol–water partition coefficient (Wildman–Crippen LogP) is 1.70. The number of nitrogens with zero attached hydrogens (tertiary/aromatic N) is 2. The molecule has 24 heavy (non-hydrogen) atoms. The Kier molecular flexibility index (Phi) is 5.30. The zero-order valence-corrected chi connectivity index (χ0v) is 14.0. The molecule has 8 heteroatoms. The maximum atomic E-state index is 12.0. The Balaban J connectivity index is 2.44. The van der Waals surface area contributed by atoms with Crippen molar-refractivity contribution in [3.8, 4) is 5.88 Å². The van der Waals surface area contributed by atoms with Crippen molar-refractivity contribution in [1.29, 1.82) is 0 Å². The average Bonchev–Trinajstić information content (AvgIpc) is 2.54. The quantitative estimate of drug-likeness (QED) is 0.632. The Morgan fingerprint density at radius 2 is 2.08 bits per heavy atom. The standard InChI is InChI=1S/C16H17N3O4S/c1-3-9(2)19-14(21)12(13(20)18-16(19)24)8-17-11-6-4-10(5-7-11)15(22)23/h4-9,21H,3H2,1-2H3,(H,22,23)(H,18,20,24)/p-1/t9-/m0/s1. The number of aliphatic imine (C=N–C) groups is 1. The van der Waals surface area contributed by atoms with Gasteiger partial charge in [-0.05, 0) is 43.3 Å². The number of aromatic hydroxyl groups is 1. The first kappa shape index (κ1) is 17.6. The lowest BCUT2D eigenvalue weighted by Crippen LogP contribution is -2.21. The second-order valence-corrected chi connectivity index (χ2v) is 5.60. The molecule has 7 nitrogen and oxygen atoms in total. The molecule has 0 spiro atoms. The molecule has 0 unspecified atom stereocenters. The molecule has 0 amide bonds. The smallest absolute Gasteiger partial charge is 0.264 e. The van der Waals surface area contributed by atoms with Crippen molar-refractivity contribution in [2.45, 2.75) is 26.3 Å². The summed E-state index contributed by atoms with van der Waals surface area (Å²) in [5, 5.41) is 21.0. The van der Waals surface area contributed by atoms with Crippen molar-refractivity contribution in [2.24, 2.45) is 4.99 Å². The number of carboxylic acid groups (broad SMARTS) is 1. The van der Waals surface area contributed by atoms with Crippen molar-refractivity contribution >= 4 is 30.1 Å². The van der Waals surface area contributed by atoms with Crippen LogP contribution in [0.5, 0.6) is 5.88 Å². The SMILES string of the molecule is CC[C@H](C)n1c(O)c(C=Nc2ccc(C(=O)[O-])cc2)c(=O)[nH]c1=S. The summed E-state index contributed by atoms with van der Waals surface area (Å²) in [7, 11) is 0. The van der Waals surface area contributed by atoms with E-state index in [1.165, 1.54) is 35.0 Å². The van der Waals surface area contributed by atoms with Gasteiger partial charge >= 0.3 is 0 Å². The number of nitrogens with one attached hydrogen (secondary N) is 1. The van der Waals surface area contributed by atoms with E-state index in [4.69, 9.17) is 12.2 Å². The molecular weight excluding hydrogens is 330 g/mol. The number of carbonyl (C=O) groups excluding carboxylic acids is 1. The lowest BCUT2D eigenvalue weighted by Gasteiger charge is -2.16. The van der Waals surface area contributed by atoms with Gasteiger partial charge in [0.15, 0.2) is 4.77 Å². The predicted molar refractivity (Wildman–Crippen MR) is 90.6 cm³/mol. The summed E-state index contributed by atoms with van der Waals surface area (Å²) in [6, 6.07) is 5.53. The van der Waals surface area contributed by atoms with Gasteiger partial charge in [-0.2, -0.15) is 0 Å². The van der Waals surface area contributed by atoms with Gasteiger partial charge in [-0.25, -0.2) is 0 Å². The van der Waals surface area contributed by atoms with E-state index in [1.807, 2.05) is 13.8 Å². The van der Waals surface area contributed by atoms with Crippen molar-refractivity contribution < 1.29 is 15.0 Å². The summed E-state index contributed by atoms with van der Waals surface area (Å²) in [5.41, 5.74) is -0.115. The normalized spacial score (nSPS) is 12.4. The number of hydrogen-bond donors (Lipinski definition) is 2. The highest BCUT2D eigenvalue weighted by atomic mass is 32.1. The van der Waals surface area contributed by atoms with Gasteiger partial charge in [0.2, 0.25) is 5.88 Å². The van der Waals surface area contributed by atoms with E-state index in [0.29, 0.717) is 5.69 Å². The van der Waals surface area contributed by atoms with E-state index >= 15 is 0 Å². The molecule has 0 aliphatic heterocycles. The van der Waals surface area contributed by atoms with Crippen LogP contribution in [0.25, 0.3) is 0 Å². The molecule has 126 valence electrons. The van der Waals surface area contributed by atoms with Crippen LogP contribution in [0.15, 0.2) is 34.1 Å². The van der Waals surface area contributed by atoms with E-state index in [-0.39, 0.29) is 27.8 Å². The number of aromatic amines is 1. The maximum Gasteiger partial charge on any atom is 0.264 e. The van der Waals surface area contributed by atoms with Gasteiger partial charge in [0.25, 0.3) is 5.56 Å². The minimum atomic E-state index is -1.28. The second-order valence-electron chi connectivity index (χ2n) is 5.22. The third-order valence-electron chi connectivity index (χ3n) is 3.63. The van der Waals surface area contributed by atoms with Crippen LogP contribution < -0.4 is 10.7 Å². The zero-order chi connectivity index (χ0) is 17.9. The molecule has 2 rings (SSSR count). The molecule has 0 bridgehead atoms. The summed E-state index contributed by atoms with van der Waals surface area (Å²) in [6.07, 6.45) is 1.94. The van der Waals surface area contributed by atoms with Crippen LogP contribution in [0.1, 0.15) is 42.2 Å². The monoisotopic (exact) mass is 346 g/mol. The largest absolute Gasteiger partial charge is 0.545 e. The van der Waals surface area contributed by atoms with Crippen molar-refractivity contribution in [3.63, 3.8) is 0 Å². The Hall–Kier alpha value is -2.74. The van der Waals surface area contributed by atoms with Crippen LogP contribution in [0.3, 0.4) is 0 Å². The summed E-state index contributed by atoms with van der Waals surface area (Å²) < 4.78 is 1.60. The summed E-state index contributed by atoms with van der Waals surface area (Å²) in [4.78, 5) is 29.3. The third kappa shape index (κ3) is 3.60. The molecule has 1 aromatic heterocycles. The molecule has 0 aliphatic rings. The Labute approximate surface area is 142 Å². The van der Waals surface area contributed by atoms with Crippen molar-refractivity contribution in [3.05, 3.63) is 50.5 Å². The molecule has 1 aromatic carbocycles. The first-order valence-electron chi connectivity index (χ1n) is 7.28.